The average molecular weight is 499 g/mol. The molecule has 9 heteroatoms. The van der Waals surface area contributed by atoms with Gasteiger partial charge in [0.1, 0.15) is 17.0 Å². The highest BCUT2D eigenvalue weighted by Crippen LogP contribution is 2.22. The lowest BCUT2D eigenvalue weighted by Crippen LogP contribution is -2.50. The smallest absolute Gasteiger partial charge is 0.259 e. The molecule has 1 amide bonds. The summed E-state index contributed by atoms with van der Waals surface area (Å²) in [7, 11) is 0. The summed E-state index contributed by atoms with van der Waals surface area (Å²) < 4.78 is 7.37. The van der Waals surface area contributed by atoms with E-state index in [1.807, 2.05) is 61.7 Å². The van der Waals surface area contributed by atoms with Crippen LogP contribution in [0, 0.1) is 6.92 Å². The second kappa shape index (κ2) is 10.4. The third-order valence-corrected chi connectivity index (χ3v) is 6.63. The zero-order valence-electron chi connectivity index (χ0n) is 21.3. The Bertz CT molecular complexity index is 1470. The Hall–Kier alpha value is -4.27. The van der Waals surface area contributed by atoms with Crippen LogP contribution in [0.15, 0.2) is 59.5 Å². The zero-order chi connectivity index (χ0) is 25.9. The van der Waals surface area contributed by atoms with Gasteiger partial charge in [-0.15, -0.1) is 10.2 Å². The lowest BCUT2D eigenvalue weighted by Gasteiger charge is -2.35. The molecule has 1 saturated heterocycles. The van der Waals surface area contributed by atoms with Crippen molar-refractivity contribution in [2.75, 3.05) is 37.7 Å². The summed E-state index contributed by atoms with van der Waals surface area (Å²) in [6, 6.07) is 15.3. The van der Waals surface area contributed by atoms with E-state index in [1.54, 1.807) is 23.2 Å². The summed E-state index contributed by atoms with van der Waals surface area (Å²) in [6.45, 7) is 9.28. The number of hydrogen-bond acceptors (Lipinski definition) is 7. The molecule has 0 unspecified atom stereocenters. The van der Waals surface area contributed by atoms with Gasteiger partial charge in [-0.1, -0.05) is 0 Å². The standard InChI is InChI=1S/C28H30N6O3/c1-4-32-18-23(26(35)22-11-6-19(3)29-27(22)32)28(36)34-16-14-33(15-17-34)25-13-12-24(30-31-25)20-7-9-21(10-8-20)37-5-2/h6-13,18H,4-5,14-17H2,1-3H3. The number of aromatic nitrogens is 4. The van der Waals surface area contributed by atoms with E-state index in [9.17, 15) is 9.59 Å². The Morgan fingerprint density at radius 3 is 2.35 bits per heavy atom. The van der Waals surface area contributed by atoms with Crippen LogP contribution in [0.5, 0.6) is 5.75 Å². The Kier molecular flexibility index (Phi) is 6.85. The highest BCUT2D eigenvalue weighted by molar-refractivity contribution is 5.97. The first-order valence-corrected chi connectivity index (χ1v) is 12.6. The maximum absolute atomic E-state index is 13.3. The molecule has 9 nitrogen and oxygen atoms in total. The SMILES string of the molecule is CCOc1ccc(-c2ccc(N3CCN(C(=O)c4cn(CC)c5nc(C)ccc5c4=O)CC3)nn2)cc1. The number of benzene rings is 1. The van der Waals surface area contributed by atoms with Crippen molar-refractivity contribution in [3.05, 3.63) is 76.2 Å². The Balaban J connectivity index is 1.28. The van der Waals surface area contributed by atoms with E-state index in [4.69, 9.17) is 4.74 Å². The van der Waals surface area contributed by atoms with Gasteiger partial charge in [-0.3, -0.25) is 9.59 Å². The van der Waals surface area contributed by atoms with Crippen LogP contribution in [0.4, 0.5) is 5.82 Å². The van der Waals surface area contributed by atoms with Crippen LogP contribution in [0.3, 0.4) is 0 Å². The monoisotopic (exact) mass is 498 g/mol. The van der Waals surface area contributed by atoms with Crippen molar-refractivity contribution >= 4 is 22.8 Å². The minimum absolute atomic E-state index is 0.188. The van der Waals surface area contributed by atoms with E-state index in [0.717, 1.165) is 28.5 Å². The molecular weight excluding hydrogens is 468 g/mol. The van der Waals surface area contributed by atoms with Gasteiger partial charge in [0.05, 0.1) is 17.7 Å². The van der Waals surface area contributed by atoms with Crippen molar-refractivity contribution in [1.82, 2.24) is 24.6 Å². The van der Waals surface area contributed by atoms with Crippen molar-refractivity contribution in [3.63, 3.8) is 0 Å². The van der Waals surface area contributed by atoms with Gasteiger partial charge in [0.25, 0.3) is 5.91 Å². The number of rotatable bonds is 6. The van der Waals surface area contributed by atoms with Crippen LogP contribution in [-0.2, 0) is 6.54 Å². The number of anilines is 1. The number of carbonyl (C=O) groups excluding carboxylic acids is 1. The highest BCUT2D eigenvalue weighted by Gasteiger charge is 2.26. The largest absolute Gasteiger partial charge is 0.494 e. The minimum Gasteiger partial charge on any atom is -0.494 e. The summed E-state index contributed by atoms with van der Waals surface area (Å²) in [4.78, 5) is 34.8. The number of pyridine rings is 2. The summed E-state index contributed by atoms with van der Waals surface area (Å²) in [5.74, 6) is 1.35. The average Bonchev–Trinajstić information content (AvgIpc) is 2.94. The van der Waals surface area contributed by atoms with Gasteiger partial charge in [0, 0.05) is 50.2 Å². The molecule has 4 aromatic rings. The third kappa shape index (κ3) is 4.89. The molecule has 5 rings (SSSR count). The predicted molar refractivity (Wildman–Crippen MR) is 143 cm³/mol. The molecule has 3 aromatic heterocycles. The summed E-state index contributed by atoms with van der Waals surface area (Å²) in [6.07, 6.45) is 1.65. The van der Waals surface area contributed by atoms with Crippen LogP contribution in [-0.4, -0.2) is 63.3 Å². The number of ether oxygens (including phenoxy) is 1. The second-order valence-corrected chi connectivity index (χ2v) is 9.00. The normalized spacial score (nSPS) is 13.7. The molecule has 190 valence electrons. The molecule has 0 N–H and O–H groups in total. The summed E-state index contributed by atoms with van der Waals surface area (Å²) in [5.41, 5.74) is 3.12. The zero-order valence-corrected chi connectivity index (χ0v) is 21.3. The molecule has 1 fully saturated rings. The first-order valence-electron chi connectivity index (χ1n) is 12.6. The number of amides is 1. The van der Waals surface area contributed by atoms with Crippen LogP contribution < -0.4 is 15.1 Å². The molecule has 1 aliphatic heterocycles. The maximum Gasteiger partial charge on any atom is 0.259 e. The topological polar surface area (TPSA) is 93.5 Å². The quantitative estimate of drug-likeness (QED) is 0.401. The van der Waals surface area contributed by atoms with E-state index >= 15 is 0 Å². The fourth-order valence-corrected chi connectivity index (χ4v) is 4.60. The fourth-order valence-electron chi connectivity index (χ4n) is 4.60. The number of fused-ring (bicyclic) bond motifs is 1. The lowest BCUT2D eigenvalue weighted by atomic mass is 10.1. The van der Waals surface area contributed by atoms with Crippen molar-refractivity contribution in [3.8, 4) is 17.0 Å². The van der Waals surface area contributed by atoms with Gasteiger partial charge >= 0.3 is 0 Å². The molecule has 1 aromatic carbocycles. The second-order valence-electron chi connectivity index (χ2n) is 9.00. The number of piperazine rings is 1. The van der Waals surface area contributed by atoms with E-state index < -0.39 is 0 Å². The van der Waals surface area contributed by atoms with Gasteiger partial charge in [0.2, 0.25) is 5.43 Å². The molecule has 1 aliphatic rings. The van der Waals surface area contributed by atoms with Crippen molar-refractivity contribution < 1.29 is 9.53 Å². The first-order chi connectivity index (χ1) is 18.0. The third-order valence-electron chi connectivity index (χ3n) is 6.63. The molecule has 4 heterocycles. The van der Waals surface area contributed by atoms with Crippen molar-refractivity contribution in [2.24, 2.45) is 0 Å². The van der Waals surface area contributed by atoms with Gasteiger partial charge in [-0.05, 0) is 69.3 Å². The number of hydrogen-bond donors (Lipinski definition) is 0. The Morgan fingerprint density at radius 1 is 0.946 bits per heavy atom. The maximum atomic E-state index is 13.3. The number of carbonyl (C=O) groups is 1. The van der Waals surface area contributed by atoms with E-state index in [0.29, 0.717) is 50.4 Å². The minimum atomic E-state index is -0.268. The molecule has 0 bridgehead atoms. The summed E-state index contributed by atoms with van der Waals surface area (Å²) >= 11 is 0. The molecule has 0 spiro atoms. The van der Waals surface area contributed by atoms with Gasteiger partial charge in [-0.25, -0.2) is 4.98 Å². The van der Waals surface area contributed by atoms with E-state index in [-0.39, 0.29) is 16.9 Å². The van der Waals surface area contributed by atoms with Gasteiger partial charge in [-0.2, -0.15) is 0 Å². The lowest BCUT2D eigenvalue weighted by molar-refractivity contribution is 0.0744. The molecule has 0 radical (unpaired) electrons. The van der Waals surface area contributed by atoms with Crippen LogP contribution in [0.25, 0.3) is 22.3 Å². The van der Waals surface area contributed by atoms with Crippen molar-refractivity contribution in [2.45, 2.75) is 27.3 Å². The molecule has 0 atom stereocenters. The van der Waals surface area contributed by atoms with Crippen molar-refractivity contribution in [1.29, 1.82) is 0 Å². The Labute approximate surface area is 215 Å². The van der Waals surface area contributed by atoms with E-state index in [2.05, 4.69) is 20.1 Å². The molecule has 0 aliphatic carbocycles. The first kappa shape index (κ1) is 24.4. The number of aryl methyl sites for hydroxylation is 2. The fraction of sp³-hybridized carbons (Fsp3) is 0.321. The summed E-state index contributed by atoms with van der Waals surface area (Å²) in [5, 5.41) is 9.30. The van der Waals surface area contributed by atoms with Crippen LogP contribution in [0.2, 0.25) is 0 Å². The number of nitrogens with zero attached hydrogens (tertiary/aromatic N) is 6. The highest BCUT2D eigenvalue weighted by atomic mass is 16.5. The Morgan fingerprint density at radius 2 is 1.70 bits per heavy atom. The molecule has 0 saturated carbocycles. The van der Waals surface area contributed by atoms with E-state index in [1.165, 1.54) is 0 Å². The molecule has 37 heavy (non-hydrogen) atoms. The van der Waals surface area contributed by atoms with Gasteiger partial charge in [0.15, 0.2) is 5.82 Å². The predicted octanol–water partition coefficient (Wildman–Crippen LogP) is 3.54. The molecular formula is C28H30N6O3. The van der Waals surface area contributed by atoms with Gasteiger partial charge < -0.3 is 19.1 Å². The van der Waals surface area contributed by atoms with Crippen LogP contribution >= 0.6 is 0 Å². The van der Waals surface area contributed by atoms with Crippen LogP contribution in [0.1, 0.15) is 29.9 Å².